The van der Waals surface area contributed by atoms with Gasteiger partial charge < -0.3 is 10.4 Å². The molecule has 0 saturated heterocycles. The van der Waals surface area contributed by atoms with Gasteiger partial charge in [-0.1, -0.05) is 12.1 Å². The first-order valence-corrected chi connectivity index (χ1v) is 7.10. The summed E-state index contributed by atoms with van der Waals surface area (Å²) in [7, 11) is 0. The van der Waals surface area contributed by atoms with Gasteiger partial charge in [0.15, 0.2) is 0 Å². The zero-order valence-corrected chi connectivity index (χ0v) is 12.1. The van der Waals surface area contributed by atoms with Crippen LogP contribution in [0, 0.1) is 0 Å². The molecule has 2 aromatic carbocycles. The molecule has 1 heterocycles. The number of carbonyl (C=O) groups excluding carboxylic acids is 3. The molecule has 0 saturated carbocycles. The van der Waals surface area contributed by atoms with Crippen LogP contribution in [0.1, 0.15) is 36.6 Å². The summed E-state index contributed by atoms with van der Waals surface area (Å²) in [5.74, 6) is -1.07. The Morgan fingerprint density at radius 1 is 1.04 bits per heavy atom. The number of imide groups is 1. The van der Waals surface area contributed by atoms with Gasteiger partial charge in [0.2, 0.25) is 0 Å². The highest BCUT2D eigenvalue weighted by Crippen LogP contribution is 2.17. The lowest BCUT2D eigenvalue weighted by atomic mass is 10.1. The molecular weight excluding hydrogens is 296 g/mol. The summed E-state index contributed by atoms with van der Waals surface area (Å²) >= 11 is 0. The van der Waals surface area contributed by atoms with Crippen molar-refractivity contribution in [2.45, 2.75) is 6.42 Å². The van der Waals surface area contributed by atoms with E-state index in [1.807, 2.05) is 6.07 Å². The average Bonchev–Trinajstić information content (AvgIpc) is 2.81. The Hall–Kier alpha value is -3.15. The van der Waals surface area contributed by atoms with Crippen LogP contribution in [0.25, 0.3) is 0 Å². The Morgan fingerprint density at radius 2 is 1.83 bits per heavy atom. The molecule has 3 N–H and O–H groups in total. The summed E-state index contributed by atoms with van der Waals surface area (Å²) in [5.41, 5.74) is 1.73. The number of hydrogen-bond acceptors (Lipinski definition) is 4. The van der Waals surface area contributed by atoms with E-state index < -0.39 is 11.8 Å². The third-order valence-corrected chi connectivity index (χ3v) is 3.61. The molecule has 0 aromatic heterocycles. The van der Waals surface area contributed by atoms with Crippen molar-refractivity contribution in [2.75, 3.05) is 6.54 Å². The van der Waals surface area contributed by atoms with Crippen LogP contribution in [0.4, 0.5) is 0 Å². The second-order valence-electron chi connectivity index (χ2n) is 5.22. The molecule has 0 fully saturated rings. The number of hydrogen-bond donors (Lipinski definition) is 3. The molecule has 0 bridgehead atoms. The van der Waals surface area contributed by atoms with Crippen LogP contribution in [-0.2, 0) is 6.42 Å². The normalized spacial score (nSPS) is 12.7. The Bertz CT molecular complexity index is 814. The summed E-state index contributed by atoms with van der Waals surface area (Å²) in [6.45, 7) is 0.393. The second-order valence-corrected chi connectivity index (χ2v) is 5.22. The standard InChI is InChI=1S/C17H14N2O4/c20-12-3-1-2-10(8-12)6-7-18-15(21)11-4-5-13-14(9-11)17(23)19-16(13)22/h1-5,8-9,20H,6-7H2,(H,18,21)(H,19,22,23). The molecule has 1 aliphatic rings. The summed E-state index contributed by atoms with van der Waals surface area (Å²) in [5, 5.41) is 14.3. The fourth-order valence-electron chi connectivity index (χ4n) is 2.44. The van der Waals surface area contributed by atoms with Crippen molar-refractivity contribution in [1.29, 1.82) is 0 Å². The topological polar surface area (TPSA) is 95.5 Å². The summed E-state index contributed by atoms with van der Waals surface area (Å²) in [4.78, 5) is 35.2. The molecule has 0 spiro atoms. The molecule has 6 heteroatoms. The van der Waals surface area contributed by atoms with E-state index in [0.29, 0.717) is 18.5 Å². The SMILES string of the molecule is O=C(NCCc1cccc(O)c1)c1ccc2c(c1)C(=O)NC2=O. The first-order chi connectivity index (χ1) is 11.0. The largest absolute Gasteiger partial charge is 0.508 e. The quantitative estimate of drug-likeness (QED) is 0.741. The number of rotatable bonds is 4. The molecule has 0 aliphatic carbocycles. The number of phenolic OH excluding ortho intramolecular Hbond substituents is 1. The van der Waals surface area contributed by atoms with Crippen molar-refractivity contribution in [3.8, 4) is 5.75 Å². The molecule has 116 valence electrons. The smallest absolute Gasteiger partial charge is 0.258 e. The lowest BCUT2D eigenvalue weighted by Gasteiger charge is -2.06. The molecule has 3 rings (SSSR count). The highest BCUT2D eigenvalue weighted by atomic mass is 16.3. The molecule has 1 aliphatic heterocycles. The summed E-state index contributed by atoms with van der Waals surface area (Å²) in [6.07, 6.45) is 0.573. The van der Waals surface area contributed by atoms with Crippen LogP contribution in [0.3, 0.4) is 0 Å². The molecule has 23 heavy (non-hydrogen) atoms. The first kappa shape index (κ1) is 14.8. The zero-order valence-electron chi connectivity index (χ0n) is 12.1. The second kappa shape index (κ2) is 5.92. The molecule has 0 radical (unpaired) electrons. The third kappa shape index (κ3) is 3.06. The van der Waals surface area contributed by atoms with Crippen molar-refractivity contribution >= 4 is 17.7 Å². The highest BCUT2D eigenvalue weighted by Gasteiger charge is 2.27. The van der Waals surface area contributed by atoms with E-state index >= 15 is 0 Å². The molecule has 0 atom stereocenters. The van der Waals surface area contributed by atoms with Gasteiger partial charge in [-0.3, -0.25) is 19.7 Å². The van der Waals surface area contributed by atoms with E-state index in [4.69, 9.17) is 0 Å². The van der Waals surface area contributed by atoms with Crippen LogP contribution in [0.2, 0.25) is 0 Å². The van der Waals surface area contributed by atoms with Crippen LogP contribution < -0.4 is 10.6 Å². The monoisotopic (exact) mass is 310 g/mol. The third-order valence-electron chi connectivity index (χ3n) is 3.61. The minimum Gasteiger partial charge on any atom is -0.508 e. The predicted molar refractivity (Wildman–Crippen MR) is 82.4 cm³/mol. The molecular formula is C17H14N2O4. The van der Waals surface area contributed by atoms with Crippen LogP contribution >= 0.6 is 0 Å². The van der Waals surface area contributed by atoms with E-state index in [2.05, 4.69) is 10.6 Å². The fraction of sp³-hybridized carbons (Fsp3) is 0.118. The maximum atomic E-state index is 12.1. The van der Waals surface area contributed by atoms with E-state index in [0.717, 1.165) is 5.56 Å². The minimum absolute atomic E-state index is 0.183. The lowest BCUT2D eigenvalue weighted by Crippen LogP contribution is -2.26. The van der Waals surface area contributed by atoms with Crippen molar-refractivity contribution in [2.24, 2.45) is 0 Å². The zero-order chi connectivity index (χ0) is 16.4. The number of carbonyl (C=O) groups is 3. The van der Waals surface area contributed by atoms with E-state index in [9.17, 15) is 19.5 Å². The van der Waals surface area contributed by atoms with Crippen LogP contribution in [0.5, 0.6) is 5.75 Å². The van der Waals surface area contributed by atoms with Crippen molar-refractivity contribution in [3.05, 3.63) is 64.7 Å². The van der Waals surface area contributed by atoms with Crippen LogP contribution in [-0.4, -0.2) is 29.4 Å². The van der Waals surface area contributed by atoms with Gasteiger partial charge in [0.25, 0.3) is 17.7 Å². The molecule has 6 nitrogen and oxygen atoms in total. The highest BCUT2D eigenvalue weighted by molar-refractivity contribution is 6.22. The molecule has 3 amide bonds. The summed E-state index contributed by atoms with van der Waals surface area (Å²) < 4.78 is 0. The number of amides is 3. The van der Waals surface area contributed by atoms with Crippen molar-refractivity contribution in [1.82, 2.24) is 10.6 Å². The minimum atomic E-state index is -0.487. The van der Waals surface area contributed by atoms with Gasteiger partial charge in [0, 0.05) is 12.1 Å². The maximum absolute atomic E-state index is 12.1. The Labute approximate surface area is 132 Å². The number of benzene rings is 2. The lowest BCUT2D eigenvalue weighted by molar-refractivity contribution is 0.0878. The number of fused-ring (bicyclic) bond motifs is 1. The van der Waals surface area contributed by atoms with Gasteiger partial charge in [-0.2, -0.15) is 0 Å². The maximum Gasteiger partial charge on any atom is 0.258 e. The number of nitrogens with one attached hydrogen (secondary N) is 2. The van der Waals surface area contributed by atoms with Crippen LogP contribution in [0.15, 0.2) is 42.5 Å². The van der Waals surface area contributed by atoms with Gasteiger partial charge in [0.05, 0.1) is 11.1 Å². The number of phenols is 1. The Morgan fingerprint density at radius 3 is 2.61 bits per heavy atom. The fourth-order valence-corrected chi connectivity index (χ4v) is 2.44. The van der Waals surface area contributed by atoms with E-state index in [1.54, 1.807) is 18.2 Å². The van der Waals surface area contributed by atoms with Crippen molar-refractivity contribution < 1.29 is 19.5 Å². The number of aromatic hydroxyl groups is 1. The van der Waals surface area contributed by atoms with Gasteiger partial charge in [-0.05, 0) is 42.3 Å². The van der Waals surface area contributed by atoms with Gasteiger partial charge in [-0.25, -0.2) is 0 Å². The van der Waals surface area contributed by atoms with Crippen molar-refractivity contribution in [3.63, 3.8) is 0 Å². The predicted octanol–water partition coefficient (Wildman–Crippen LogP) is 1.25. The molecule has 0 unspecified atom stereocenters. The van der Waals surface area contributed by atoms with E-state index in [1.165, 1.54) is 18.2 Å². The van der Waals surface area contributed by atoms with E-state index in [-0.39, 0.29) is 22.8 Å². The average molecular weight is 310 g/mol. The van der Waals surface area contributed by atoms with Gasteiger partial charge in [0.1, 0.15) is 5.75 Å². The van der Waals surface area contributed by atoms with Gasteiger partial charge in [-0.15, -0.1) is 0 Å². The Kier molecular flexibility index (Phi) is 3.80. The molecule has 2 aromatic rings. The van der Waals surface area contributed by atoms with Gasteiger partial charge >= 0.3 is 0 Å². The first-order valence-electron chi connectivity index (χ1n) is 7.10. The Balaban J connectivity index is 1.64. The summed E-state index contributed by atoms with van der Waals surface area (Å²) in [6, 6.07) is 11.2.